The summed E-state index contributed by atoms with van der Waals surface area (Å²) in [4.78, 5) is 0. The van der Waals surface area contributed by atoms with Gasteiger partial charge in [0.25, 0.3) is 0 Å². The van der Waals surface area contributed by atoms with Crippen LogP contribution in [-0.2, 0) is 6.42 Å². The van der Waals surface area contributed by atoms with Crippen molar-refractivity contribution in [2.75, 3.05) is 6.54 Å². The number of benzene rings is 1. The van der Waals surface area contributed by atoms with Crippen molar-refractivity contribution < 1.29 is 4.39 Å². The van der Waals surface area contributed by atoms with Crippen LogP contribution >= 0.6 is 11.6 Å². The first-order valence-corrected chi connectivity index (χ1v) is 7.17. The van der Waals surface area contributed by atoms with Gasteiger partial charge in [-0.15, -0.1) is 0 Å². The molecule has 0 aliphatic heterocycles. The monoisotopic (exact) mass is 271 g/mol. The van der Waals surface area contributed by atoms with Crippen LogP contribution in [-0.4, -0.2) is 12.6 Å². The topological polar surface area (TPSA) is 12.0 Å². The summed E-state index contributed by atoms with van der Waals surface area (Å²) in [5, 5.41) is 4.07. The van der Waals surface area contributed by atoms with E-state index in [-0.39, 0.29) is 5.82 Å². The zero-order valence-corrected chi connectivity index (χ0v) is 12.2. The molecule has 0 spiro atoms. The molecule has 0 fully saturated rings. The smallest absolute Gasteiger partial charge is 0.126 e. The molecule has 3 heteroatoms. The normalized spacial score (nSPS) is 13.0. The van der Waals surface area contributed by atoms with Gasteiger partial charge < -0.3 is 5.32 Å². The highest BCUT2D eigenvalue weighted by atomic mass is 35.5. The summed E-state index contributed by atoms with van der Waals surface area (Å²) in [6.07, 6.45) is 2.92. The van der Waals surface area contributed by atoms with Gasteiger partial charge in [0.15, 0.2) is 0 Å². The maximum atomic E-state index is 13.8. The highest BCUT2D eigenvalue weighted by Crippen LogP contribution is 2.21. The summed E-state index contributed by atoms with van der Waals surface area (Å²) in [7, 11) is 0. The van der Waals surface area contributed by atoms with Gasteiger partial charge in [0.2, 0.25) is 0 Å². The van der Waals surface area contributed by atoms with E-state index in [0.29, 0.717) is 29.0 Å². The second kappa shape index (κ2) is 7.75. The van der Waals surface area contributed by atoms with Crippen molar-refractivity contribution in [3.05, 3.63) is 34.6 Å². The van der Waals surface area contributed by atoms with Gasteiger partial charge in [-0.3, -0.25) is 0 Å². The first-order chi connectivity index (χ1) is 8.62. The third kappa shape index (κ3) is 4.25. The number of hydrogen-bond donors (Lipinski definition) is 1. The Morgan fingerprint density at radius 1 is 1.22 bits per heavy atom. The summed E-state index contributed by atoms with van der Waals surface area (Å²) in [5.41, 5.74) is 0.709. The van der Waals surface area contributed by atoms with E-state index in [1.807, 2.05) is 0 Å². The van der Waals surface area contributed by atoms with Crippen LogP contribution in [0.2, 0.25) is 5.02 Å². The first kappa shape index (κ1) is 15.5. The van der Waals surface area contributed by atoms with E-state index in [1.165, 1.54) is 6.07 Å². The molecule has 1 aromatic carbocycles. The van der Waals surface area contributed by atoms with E-state index in [2.05, 4.69) is 26.1 Å². The fourth-order valence-electron chi connectivity index (χ4n) is 2.46. The van der Waals surface area contributed by atoms with Crippen LogP contribution in [0.25, 0.3) is 0 Å². The summed E-state index contributed by atoms with van der Waals surface area (Å²) in [6.45, 7) is 7.37. The maximum absolute atomic E-state index is 13.8. The minimum absolute atomic E-state index is 0.159. The molecular weight excluding hydrogens is 249 g/mol. The zero-order valence-electron chi connectivity index (χ0n) is 11.5. The fraction of sp³-hybridized carbons (Fsp3) is 0.600. The average molecular weight is 272 g/mol. The van der Waals surface area contributed by atoms with Gasteiger partial charge in [-0.05, 0) is 42.6 Å². The molecule has 0 aromatic heterocycles. The number of hydrogen-bond acceptors (Lipinski definition) is 1. The molecule has 0 aliphatic carbocycles. The van der Waals surface area contributed by atoms with E-state index in [1.54, 1.807) is 12.1 Å². The Morgan fingerprint density at radius 3 is 2.44 bits per heavy atom. The molecule has 1 aromatic rings. The predicted molar refractivity (Wildman–Crippen MR) is 76.7 cm³/mol. The second-order valence-electron chi connectivity index (χ2n) is 4.68. The minimum Gasteiger partial charge on any atom is -0.314 e. The highest BCUT2D eigenvalue weighted by Gasteiger charge is 2.19. The van der Waals surface area contributed by atoms with Crippen molar-refractivity contribution >= 4 is 11.6 Å². The Kier molecular flexibility index (Phi) is 6.66. The van der Waals surface area contributed by atoms with E-state index >= 15 is 0 Å². The lowest BCUT2D eigenvalue weighted by Crippen LogP contribution is -2.37. The minimum atomic E-state index is -0.159. The SMILES string of the molecule is CCNC(Cc1cc(Cl)ccc1F)C(CC)CC. The fourth-order valence-corrected chi connectivity index (χ4v) is 2.66. The molecule has 102 valence electrons. The molecular formula is C15H23ClFN. The predicted octanol–water partition coefficient (Wildman–Crippen LogP) is 4.44. The Bertz CT molecular complexity index is 364. The standard InChI is InChI=1S/C15H23ClFN/c1-4-11(5-2)15(18-6-3)10-12-9-13(16)7-8-14(12)17/h7-9,11,15,18H,4-6,10H2,1-3H3. The second-order valence-corrected chi connectivity index (χ2v) is 5.12. The van der Waals surface area contributed by atoms with Gasteiger partial charge in [-0.1, -0.05) is 45.2 Å². The van der Waals surface area contributed by atoms with Crippen LogP contribution in [0.5, 0.6) is 0 Å². The molecule has 0 aliphatic rings. The number of halogens is 2. The van der Waals surface area contributed by atoms with Gasteiger partial charge >= 0.3 is 0 Å². The van der Waals surface area contributed by atoms with E-state index in [4.69, 9.17) is 11.6 Å². The zero-order chi connectivity index (χ0) is 13.5. The Morgan fingerprint density at radius 2 is 1.89 bits per heavy atom. The average Bonchev–Trinajstić information content (AvgIpc) is 2.35. The highest BCUT2D eigenvalue weighted by molar-refractivity contribution is 6.30. The van der Waals surface area contributed by atoms with Gasteiger partial charge in [0.1, 0.15) is 5.82 Å². The molecule has 0 saturated carbocycles. The van der Waals surface area contributed by atoms with Gasteiger partial charge in [-0.2, -0.15) is 0 Å². The summed E-state index contributed by atoms with van der Waals surface area (Å²) < 4.78 is 13.8. The maximum Gasteiger partial charge on any atom is 0.126 e. The lowest BCUT2D eigenvalue weighted by atomic mass is 9.89. The van der Waals surface area contributed by atoms with Crippen molar-refractivity contribution in [1.29, 1.82) is 0 Å². The number of likely N-dealkylation sites (N-methyl/N-ethyl adjacent to an activating group) is 1. The molecule has 1 atom stereocenters. The Hall–Kier alpha value is -0.600. The summed E-state index contributed by atoms with van der Waals surface area (Å²) in [6, 6.07) is 5.11. The van der Waals surface area contributed by atoms with E-state index in [0.717, 1.165) is 19.4 Å². The third-order valence-corrected chi connectivity index (χ3v) is 3.77. The Balaban J connectivity index is 2.85. The van der Waals surface area contributed by atoms with Crippen LogP contribution in [0.3, 0.4) is 0 Å². The van der Waals surface area contributed by atoms with Gasteiger partial charge in [-0.25, -0.2) is 4.39 Å². The Labute approximate surface area is 115 Å². The molecule has 1 N–H and O–H groups in total. The largest absolute Gasteiger partial charge is 0.314 e. The van der Waals surface area contributed by atoms with Crippen molar-refractivity contribution in [2.24, 2.45) is 5.92 Å². The number of rotatable bonds is 7. The lowest BCUT2D eigenvalue weighted by molar-refractivity contribution is 0.334. The van der Waals surface area contributed by atoms with Crippen LogP contribution in [0, 0.1) is 11.7 Å². The lowest BCUT2D eigenvalue weighted by Gasteiger charge is -2.26. The molecule has 1 unspecified atom stereocenters. The molecule has 0 heterocycles. The van der Waals surface area contributed by atoms with Crippen LogP contribution in [0.1, 0.15) is 39.2 Å². The molecule has 0 bridgehead atoms. The van der Waals surface area contributed by atoms with E-state index in [9.17, 15) is 4.39 Å². The summed E-state index contributed by atoms with van der Waals surface area (Å²) >= 11 is 5.94. The van der Waals surface area contributed by atoms with Crippen LogP contribution in [0.15, 0.2) is 18.2 Å². The quantitative estimate of drug-likeness (QED) is 0.773. The van der Waals surface area contributed by atoms with Crippen molar-refractivity contribution in [1.82, 2.24) is 5.32 Å². The molecule has 0 saturated heterocycles. The van der Waals surface area contributed by atoms with Crippen LogP contribution < -0.4 is 5.32 Å². The molecule has 1 nitrogen and oxygen atoms in total. The van der Waals surface area contributed by atoms with Crippen molar-refractivity contribution in [3.8, 4) is 0 Å². The third-order valence-electron chi connectivity index (χ3n) is 3.53. The number of nitrogens with one attached hydrogen (secondary N) is 1. The molecule has 0 amide bonds. The molecule has 18 heavy (non-hydrogen) atoms. The summed E-state index contributed by atoms with van der Waals surface area (Å²) in [5.74, 6) is 0.414. The first-order valence-electron chi connectivity index (χ1n) is 6.79. The van der Waals surface area contributed by atoms with Crippen LogP contribution in [0.4, 0.5) is 4.39 Å². The molecule has 0 radical (unpaired) electrons. The van der Waals surface area contributed by atoms with E-state index < -0.39 is 0 Å². The van der Waals surface area contributed by atoms with Gasteiger partial charge in [0, 0.05) is 11.1 Å². The van der Waals surface area contributed by atoms with Crippen molar-refractivity contribution in [3.63, 3.8) is 0 Å². The molecule has 1 rings (SSSR count). The van der Waals surface area contributed by atoms with Crippen molar-refractivity contribution in [2.45, 2.75) is 46.1 Å². The van der Waals surface area contributed by atoms with Gasteiger partial charge in [0.05, 0.1) is 0 Å².